The first-order valence-electron chi connectivity index (χ1n) is 5.86. The van der Waals surface area contributed by atoms with Crippen molar-refractivity contribution in [2.45, 2.75) is 20.0 Å². The molecule has 19 heavy (non-hydrogen) atoms. The van der Waals surface area contributed by atoms with Crippen LogP contribution in [0.2, 0.25) is 0 Å². The number of ether oxygens (including phenoxy) is 1. The van der Waals surface area contributed by atoms with Crippen molar-refractivity contribution in [1.82, 2.24) is 14.5 Å². The molecule has 3 N–H and O–H groups in total. The minimum atomic E-state index is -0.656. The zero-order valence-corrected chi connectivity index (χ0v) is 11.0. The number of methoxy groups -OCH3 is 1. The summed E-state index contributed by atoms with van der Waals surface area (Å²) in [4.78, 5) is 35.2. The molecule has 8 heteroatoms. The fourth-order valence-corrected chi connectivity index (χ4v) is 1.53. The van der Waals surface area contributed by atoms with Crippen LogP contribution in [-0.4, -0.2) is 35.3 Å². The molecule has 0 atom stereocenters. The van der Waals surface area contributed by atoms with E-state index in [1.165, 1.54) is 17.9 Å². The Labute approximate surface area is 109 Å². The largest absolute Gasteiger partial charge is 0.393 e. The Bertz CT molecular complexity index is 561. The number of nitrogens with zero attached hydrogens (tertiary/aromatic N) is 2. The Kier molecular flexibility index (Phi) is 5.31. The zero-order chi connectivity index (χ0) is 14.4. The molecule has 1 aromatic heterocycles. The van der Waals surface area contributed by atoms with Gasteiger partial charge in [0.1, 0.15) is 12.2 Å². The SMILES string of the molecule is CCn1cc(N)c(=O)n(CC(=O)NCCOC)c1=O. The van der Waals surface area contributed by atoms with Gasteiger partial charge in [-0.2, -0.15) is 0 Å². The third-order valence-corrected chi connectivity index (χ3v) is 2.53. The lowest BCUT2D eigenvalue weighted by Gasteiger charge is -2.10. The number of aromatic nitrogens is 2. The summed E-state index contributed by atoms with van der Waals surface area (Å²) in [5, 5.41) is 2.53. The highest BCUT2D eigenvalue weighted by atomic mass is 16.5. The summed E-state index contributed by atoms with van der Waals surface area (Å²) in [5.74, 6) is -0.440. The molecule has 8 nitrogen and oxygen atoms in total. The van der Waals surface area contributed by atoms with E-state index in [0.29, 0.717) is 19.7 Å². The molecule has 1 heterocycles. The van der Waals surface area contributed by atoms with Crippen molar-refractivity contribution >= 4 is 11.6 Å². The summed E-state index contributed by atoms with van der Waals surface area (Å²) in [7, 11) is 1.51. The standard InChI is InChI=1S/C11H18N4O4/c1-3-14-6-8(12)10(17)15(11(14)18)7-9(16)13-4-5-19-2/h6H,3-5,7,12H2,1-2H3,(H,13,16). The highest BCUT2D eigenvalue weighted by Gasteiger charge is 2.11. The smallest absolute Gasteiger partial charge is 0.331 e. The minimum Gasteiger partial charge on any atom is -0.393 e. The van der Waals surface area contributed by atoms with Crippen LogP contribution in [0, 0.1) is 0 Å². The number of hydrogen-bond donors (Lipinski definition) is 2. The van der Waals surface area contributed by atoms with Crippen LogP contribution in [-0.2, 0) is 22.6 Å². The molecule has 1 aromatic rings. The Morgan fingerprint density at radius 2 is 2.16 bits per heavy atom. The number of nitrogen functional groups attached to an aromatic ring is 1. The summed E-state index contributed by atoms with van der Waals surface area (Å²) >= 11 is 0. The van der Waals surface area contributed by atoms with Gasteiger partial charge in [-0.1, -0.05) is 0 Å². The third-order valence-electron chi connectivity index (χ3n) is 2.53. The number of nitrogens with one attached hydrogen (secondary N) is 1. The second-order valence-electron chi connectivity index (χ2n) is 3.89. The van der Waals surface area contributed by atoms with Crippen LogP contribution in [0.3, 0.4) is 0 Å². The lowest BCUT2D eigenvalue weighted by atomic mass is 10.4. The number of rotatable bonds is 6. The van der Waals surface area contributed by atoms with E-state index >= 15 is 0 Å². The van der Waals surface area contributed by atoms with Gasteiger partial charge in [0.05, 0.1) is 6.61 Å². The van der Waals surface area contributed by atoms with E-state index in [2.05, 4.69) is 5.32 Å². The van der Waals surface area contributed by atoms with Gasteiger partial charge in [0.25, 0.3) is 5.56 Å². The van der Waals surface area contributed by atoms with Crippen LogP contribution >= 0.6 is 0 Å². The number of carbonyl (C=O) groups is 1. The van der Waals surface area contributed by atoms with Crippen LogP contribution in [0.25, 0.3) is 0 Å². The Morgan fingerprint density at radius 1 is 1.47 bits per heavy atom. The van der Waals surface area contributed by atoms with Gasteiger partial charge in [-0.05, 0) is 6.92 Å². The van der Waals surface area contributed by atoms with Gasteiger partial charge in [-0.15, -0.1) is 0 Å². The summed E-state index contributed by atoms with van der Waals surface area (Å²) in [6, 6.07) is 0. The van der Waals surface area contributed by atoms with E-state index in [0.717, 1.165) is 4.57 Å². The van der Waals surface area contributed by atoms with Gasteiger partial charge in [0.15, 0.2) is 0 Å². The summed E-state index contributed by atoms with van der Waals surface area (Å²) in [6.07, 6.45) is 1.28. The minimum absolute atomic E-state index is 0.0638. The second-order valence-corrected chi connectivity index (χ2v) is 3.89. The quantitative estimate of drug-likeness (QED) is 0.604. The van der Waals surface area contributed by atoms with Crippen LogP contribution in [0.5, 0.6) is 0 Å². The molecule has 0 aliphatic carbocycles. The predicted octanol–water partition coefficient (Wildman–Crippen LogP) is -1.63. The molecule has 1 amide bonds. The number of anilines is 1. The normalized spacial score (nSPS) is 10.4. The average Bonchev–Trinajstić information content (AvgIpc) is 2.39. The maximum atomic E-state index is 11.9. The van der Waals surface area contributed by atoms with Crippen LogP contribution < -0.4 is 22.3 Å². The van der Waals surface area contributed by atoms with Crippen molar-refractivity contribution in [2.75, 3.05) is 26.0 Å². The van der Waals surface area contributed by atoms with Crippen LogP contribution in [0.4, 0.5) is 5.69 Å². The van der Waals surface area contributed by atoms with Gasteiger partial charge in [0, 0.05) is 26.4 Å². The van der Waals surface area contributed by atoms with Gasteiger partial charge in [-0.3, -0.25) is 14.2 Å². The molecule has 106 valence electrons. The van der Waals surface area contributed by atoms with E-state index in [1.54, 1.807) is 6.92 Å². The van der Waals surface area contributed by atoms with Crippen molar-refractivity contribution in [2.24, 2.45) is 0 Å². The second kappa shape index (κ2) is 6.74. The monoisotopic (exact) mass is 270 g/mol. The molecule has 0 radical (unpaired) electrons. The average molecular weight is 270 g/mol. The lowest BCUT2D eigenvalue weighted by Crippen LogP contribution is -2.44. The number of amides is 1. The van der Waals surface area contributed by atoms with E-state index in [4.69, 9.17) is 10.5 Å². The first-order valence-corrected chi connectivity index (χ1v) is 5.86. The number of aryl methyl sites for hydroxylation is 1. The lowest BCUT2D eigenvalue weighted by molar-refractivity contribution is -0.122. The Morgan fingerprint density at radius 3 is 2.74 bits per heavy atom. The van der Waals surface area contributed by atoms with Crippen molar-refractivity contribution in [3.63, 3.8) is 0 Å². The zero-order valence-electron chi connectivity index (χ0n) is 11.0. The van der Waals surface area contributed by atoms with Crippen LogP contribution in [0.15, 0.2) is 15.8 Å². The van der Waals surface area contributed by atoms with E-state index in [1.807, 2.05) is 0 Å². The van der Waals surface area contributed by atoms with Gasteiger partial charge in [0.2, 0.25) is 5.91 Å². The highest BCUT2D eigenvalue weighted by Crippen LogP contribution is 1.89. The maximum Gasteiger partial charge on any atom is 0.331 e. The fraction of sp³-hybridized carbons (Fsp3) is 0.545. The molecular weight excluding hydrogens is 252 g/mol. The van der Waals surface area contributed by atoms with Crippen molar-refractivity contribution in [1.29, 1.82) is 0 Å². The van der Waals surface area contributed by atoms with E-state index in [9.17, 15) is 14.4 Å². The van der Waals surface area contributed by atoms with Crippen molar-refractivity contribution < 1.29 is 9.53 Å². The van der Waals surface area contributed by atoms with Gasteiger partial charge >= 0.3 is 5.69 Å². The Hall–Kier alpha value is -2.09. The summed E-state index contributed by atoms with van der Waals surface area (Å²) < 4.78 is 6.87. The number of carbonyl (C=O) groups excluding carboxylic acids is 1. The molecular formula is C11H18N4O4. The van der Waals surface area contributed by atoms with E-state index < -0.39 is 17.2 Å². The molecule has 0 saturated carbocycles. The first-order chi connectivity index (χ1) is 9.01. The summed E-state index contributed by atoms with van der Waals surface area (Å²) in [5.41, 5.74) is 4.25. The molecule has 0 aliphatic rings. The van der Waals surface area contributed by atoms with E-state index in [-0.39, 0.29) is 12.2 Å². The number of hydrogen-bond acceptors (Lipinski definition) is 5. The number of nitrogens with two attached hydrogens (primary N) is 1. The molecule has 0 spiro atoms. The van der Waals surface area contributed by atoms with Gasteiger partial charge in [-0.25, -0.2) is 9.36 Å². The third kappa shape index (κ3) is 3.68. The summed E-state index contributed by atoms with van der Waals surface area (Å²) in [6.45, 7) is 2.43. The topological polar surface area (TPSA) is 108 Å². The Balaban J connectivity index is 2.95. The maximum absolute atomic E-state index is 11.9. The molecule has 0 saturated heterocycles. The van der Waals surface area contributed by atoms with Crippen LogP contribution in [0.1, 0.15) is 6.92 Å². The predicted molar refractivity (Wildman–Crippen MR) is 69.9 cm³/mol. The molecule has 0 aromatic carbocycles. The molecule has 1 rings (SSSR count). The van der Waals surface area contributed by atoms with Crippen molar-refractivity contribution in [3.05, 3.63) is 27.0 Å². The molecule has 0 unspecified atom stereocenters. The fourth-order valence-electron chi connectivity index (χ4n) is 1.53. The molecule has 0 bridgehead atoms. The van der Waals surface area contributed by atoms with Gasteiger partial charge < -0.3 is 15.8 Å². The van der Waals surface area contributed by atoms with Crippen molar-refractivity contribution in [3.8, 4) is 0 Å². The highest BCUT2D eigenvalue weighted by molar-refractivity contribution is 5.75. The first kappa shape index (κ1) is 15.0. The molecule has 0 fully saturated rings. The molecule has 0 aliphatic heterocycles.